The number of benzene rings is 2. The Morgan fingerprint density at radius 2 is 1.29 bits per heavy atom. The number of carbonyl (C=O) groups is 3. The summed E-state index contributed by atoms with van der Waals surface area (Å²) >= 11 is 0. The summed E-state index contributed by atoms with van der Waals surface area (Å²) in [6.07, 6.45) is 0. The highest BCUT2D eigenvalue weighted by atomic mass is 16.5. The number of hydrogen-bond donors (Lipinski definition) is 4. The van der Waals surface area contributed by atoms with E-state index in [9.17, 15) is 14.4 Å². The van der Waals surface area contributed by atoms with Crippen molar-refractivity contribution in [2.45, 2.75) is 0 Å². The normalized spacial score (nSPS) is 10.3. The van der Waals surface area contributed by atoms with Crippen molar-refractivity contribution >= 4 is 29.1 Å². The maximum Gasteiger partial charge on any atom is 0.251 e. The smallest absolute Gasteiger partial charge is 0.251 e. The molecule has 0 aromatic heterocycles. The first kappa shape index (κ1) is 23.8. The number of carbonyl (C=O) groups excluding carboxylic acids is 3. The van der Waals surface area contributed by atoms with Crippen LogP contribution in [-0.4, -0.2) is 64.8 Å². The molecule has 0 fully saturated rings. The lowest BCUT2D eigenvalue weighted by Crippen LogP contribution is -2.27. The van der Waals surface area contributed by atoms with Crippen molar-refractivity contribution in [1.29, 1.82) is 0 Å². The maximum absolute atomic E-state index is 12.3. The molecular formula is C22H28N4O5. The molecule has 0 saturated heterocycles. The maximum atomic E-state index is 12.3. The minimum Gasteiger partial charge on any atom is -0.383 e. The molecule has 2 rings (SSSR count). The molecule has 0 spiro atoms. The first-order valence-electron chi connectivity index (χ1n) is 9.81. The molecule has 0 aliphatic carbocycles. The van der Waals surface area contributed by atoms with Gasteiger partial charge < -0.3 is 30.7 Å². The molecule has 9 heteroatoms. The zero-order valence-electron chi connectivity index (χ0n) is 17.7. The molecule has 31 heavy (non-hydrogen) atoms. The molecule has 0 saturated carbocycles. The number of ether oxygens (including phenoxy) is 2. The van der Waals surface area contributed by atoms with E-state index in [2.05, 4.69) is 21.3 Å². The van der Waals surface area contributed by atoms with Crippen LogP contribution in [0.15, 0.2) is 48.5 Å². The standard InChI is InChI=1S/C22H28N4O5/c1-30-11-9-23-21(28)16-5-3-7-18(13-16)25-15-20(27)26-19-8-4-6-17(14-19)22(29)24-10-12-31-2/h3-8,13-14,25H,9-12,15H2,1-2H3,(H,23,28)(H,24,29)(H,26,27). The summed E-state index contributed by atoms with van der Waals surface area (Å²) in [6, 6.07) is 13.5. The molecule has 0 atom stereocenters. The Balaban J connectivity index is 1.87. The second-order valence-electron chi connectivity index (χ2n) is 6.56. The van der Waals surface area contributed by atoms with Crippen LogP contribution < -0.4 is 21.3 Å². The van der Waals surface area contributed by atoms with Gasteiger partial charge in [-0.25, -0.2) is 0 Å². The second-order valence-corrected chi connectivity index (χ2v) is 6.56. The van der Waals surface area contributed by atoms with Gasteiger partial charge in [-0.2, -0.15) is 0 Å². The minimum absolute atomic E-state index is 0.000982. The fourth-order valence-electron chi connectivity index (χ4n) is 2.63. The van der Waals surface area contributed by atoms with E-state index in [1.165, 1.54) is 0 Å². The van der Waals surface area contributed by atoms with Gasteiger partial charge in [0.1, 0.15) is 0 Å². The topological polar surface area (TPSA) is 118 Å². The van der Waals surface area contributed by atoms with Gasteiger partial charge >= 0.3 is 0 Å². The molecule has 4 N–H and O–H groups in total. The van der Waals surface area contributed by atoms with Crippen LogP contribution in [0.3, 0.4) is 0 Å². The Hall–Kier alpha value is -3.43. The lowest BCUT2D eigenvalue weighted by Gasteiger charge is -2.10. The monoisotopic (exact) mass is 428 g/mol. The van der Waals surface area contributed by atoms with E-state index in [0.717, 1.165) is 0 Å². The lowest BCUT2D eigenvalue weighted by molar-refractivity contribution is -0.114. The summed E-state index contributed by atoms with van der Waals surface area (Å²) in [5, 5.41) is 11.2. The third-order valence-electron chi connectivity index (χ3n) is 4.17. The SMILES string of the molecule is COCCNC(=O)c1cccc(NCC(=O)Nc2cccc(C(=O)NCCOC)c2)c1. The summed E-state index contributed by atoms with van der Waals surface area (Å²) in [7, 11) is 3.13. The molecule has 0 radical (unpaired) electrons. The molecule has 9 nitrogen and oxygen atoms in total. The van der Waals surface area contributed by atoms with E-state index < -0.39 is 0 Å². The predicted molar refractivity (Wildman–Crippen MR) is 118 cm³/mol. The quantitative estimate of drug-likeness (QED) is 0.381. The summed E-state index contributed by atoms with van der Waals surface area (Å²) in [5.74, 6) is -0.746. The van der Waals surface area contributed by atoms with Gasteiger partial charge in [0.25, 0.3) is 11.8 Å². The summed E-state index contributed by atoms with van der Waals surface area (Å²) in [4.78, 5) is 36.5. The van der Waals surface area contributed by atoms with Crippen LogP contribution in [-0.2, 0) is 14.3 Å². The van der Waals surface area contributed by atoms with Gasteiger partial charge in [0, 0.05) is 49.8 Å². The predicted octanol–water partition coefficient (Wildman–Crippen LogP) is 1.49. The Kier molecular flexibility index (Phi) is 9.99. The Morgan fingerprint density at radius 3 is 1.84 bits per heavy atom. The van der Waals surface area contributed by atoms with Crippen molar-refractivity contribution in [2.75, 3.05) is 57.7 Å². The van der Waals surface area contributed by atoms with Crippen LogP contribution in [0.2, 0.25) is 0 Å². The van der Waals surface area contributed by atoms with Crippen molar-refractivity contribution in [1.82, 2.24) is 10.6 Å². The summed E-state index contributed by atoms with van der Waals surface area (Å²) in [5.41, 5.74) is 2.07. The molecule has 0 bridgehead atoms. The highest BCUT2D eigenvalue weighted by Gasteiger charge is 2.09. The van der Waals surface area contributed by atoms with Crippen LogP contribution in [0, 0.1) is 0 Å². The van der Waals surface area contributed by atoms with Crippen molar-refractivity contribution in [3.05, 3.63) is 59.7 Å². The first-order valence-corrected chi connectivity index (χ1v) is 9.81. The first-order chi connectivity index (χ1) is 15.0. The molecule has 166 valence electrons. The van der Waals surface area contributed by atoms with Gasteiger partial charge in [0.15, 0.2) is 0 Å². The lowest BCUT2D eigenvalue weighted by atomic mass is 10.2. The van der Waals surface area contributed by atoms with Gasteiger partial charge in [0.05, 0.1) is 19.8 Å². The number of anilines is 2. The molecular weight excluding hydrogens is 400 g/mol. The average Bonchev–Trinajstić information content (AvgIpc) is 2.78. The molecule has 0 heterocycles. The highest BCUT2D eigenvalue weighted by Crippen LogP contribution is 2.12. The number of hydrogen-bond acceptors (Lipinski definition) is 6. The largest absolute Gasteiger partial charge is 0.383 e. The van der Waals surface area contributed by atoms with Gasteiger partial charge in [-0.15, -0.1) is 0 Å². The molecule has 2 aromatic rings. The van der Waals surface area contributed by atoms with E-state index in [1.807, 2.05) is 0 Å². The van der Waals surface area contributed by atoms with E-state index in [0.29, 0.717) is 48.8 Å². The Labute approximate surface area is 181 Å². The zero-order chi connectivity index (χ0) is 22.5. The van der Waals surface area contributed by atoms with E-state index >= 15 is 0 Å². The number of amides is 3. The van der Waals surface area contributed by atoms with Gasteiger partial charge in [-0.1, -0.05) is 12.1 Å². The van der Waals surface area contributed by atoms with E-state index in [-0.39, 0.29) is 24.3 Å². The fourth-order valence-corrected chi connectivity index (χ4v) is 2.63. The number of rotatable bonds is 12. The Morgan fingerprint density at radius 1 is 0.774 bits per heavy atom. The van der Waals surface area contributed by atoms with Gasteiger partial charge in [-0.05, 0) is 36.4 Å². The molecule has 2 aromatic carbocycles. The van der Waals surface area contributed by atoms with Crippen molar-refractivity contribution < 1.29 is 23.9 Å². The fraction of sp³-hybridized carbons (Fsp3) is 0.318. The van der Waals surface area contributed by atoms with Crippen LogP contribution >= 0.6 is 0 Å². The molecule has 0 aliphatic heterocycles. The van der Waals surface area contributed by atoms with Crippen LogP contribution in [0.5, 0.6) is 0 Å². The van der Waals surface area contributed by atoms with Crippen LogP contribution in [0.4, 0.5) is 11.4 Å². The second kappa shape index (κ2) is 13.0. The Bertz CT molecular complexity index is 888. The van der Waals surface area contributed by atoms with E-state index in [1.54, 1.807) is 62.8 Å². The van der Waals surface area contributed by atoms with E-state index in [4.69, 9.17) is 9.47 Å². The van der Waals surface area contributed by atoms with Crippen LogP contribution in [0.1, 0.15) is 20.7 Å². The zero-order valence-corrected chi connectivity index (χ0v) is 17.7. The van der Waals surface area contributed by atoms with Crippen molar-refractivity contribution in [2.24, 2.45) is 0 Å². The summed E-state index contributed by atoms with van der Waals surface area (Å²) < 4.78 is 9.81. The van der Waals surface area contributed by atoms with Crippen molar-refractivity contribution in [3.8, 4) is 0 Å². The third kappa shape index (κ3) is 8.45. The minimum atomic E-state index is -0.285. The van der Waals surface area contributed by atoms with Gasteiger partial charge in [0.2, 0.25) is 5.91 Å². The number of nitrogens with one attached hydrogen (secondary N) is 4. The molecule has 0 unspecified atom stereocenters. The molecule has 0 aliphatic rings. The van der Waals surface area contributed by atoms with Gasteiger partial charge in [-0.3, -0.25) is 14.4 Å². The highest BCUT2D eigenvalue weighted by molar-refractivity contribution is 5.98. The molecule has 3 amide bonds. The number of methoxy groups -OCH3 is 2. The van der Waals surface area contributed by atoms with Crippen molar-refractivity contribution in [3.63, 3.8) is 0 Å². The average molecular weight is 428 g/mol. The third-order valence-corrected chi connectivity index (χ3v) is 4.17. The van der Waals surface area contributed by atoms with Crippen LogP contribution in [0.25, 0.3) is 0 Å². The summed E-state index contributed by atoms with van der Waals surface area (Å²) in [6.45, 7) is 1.67.